The lowest BCUT2D eigenvalue weighted by molar-refractivity contribution is 0.102. The molecule has 0 radical (unpaired) electrons. The number of carbonyl (C=O) groups is 1. The Morgan fingerprint density at radius 2 is 1.75 bits per heavy atom. The van der Waals surface area contributed by atoms with E-state index in [0.29, 0.717) is 12.4 Å². The number of benzene rings is 1. The standard InChI is InChI=1S/C21H28N6O/c1-20(2,3)17-12-18(26(24-17)13-15-10-8-7-9-11-15)22-19(28)16-14-27(25-23-16)21(4,5)6/h7-12,14H,13H2,1-6H3,(H,22,28). The molecule has 2 heterocycles. The van der Waals surface area contributed by atoms with Gasteiger partial charge in [0.2, 0.25) is 0 Å². The first-order chi connectivity index (χ1) is 13.0. The normalized spacial score (nSPS) is 12.2. The van der Waals surface area contributed by atoms with E-state index in [4.69, 9.17) is 5.10 Å². The fraction of sp³-hybridized carbons (Fsp3) is 0.429. The van der Waals surface area contributed by atoms with Crippen molar-refractivity contribution < 1.29 is 4.79 Å². The van der Waals surface area contributed by atoms with Crippen molar-refractivity contribution in [3.05, 3.63) is 59.5 Å². The minimum absolute atomic E-state index is 0.128. The van der Waals surface area contributed by atoms with Gasteiger partial charge >= 0.3 is 0 Å². The van der Waals surface area contributed by atoms with Crippen molar-refractivity contribution in [3.63, 3.8) is 0 Å². The summed E-state index contributed by atoms with van der Waals surface area (Å²) in [4.78, 5) is 12.7. The SMILES string of the molecule is CC(C)(C)c1cc(NC(=O)c2cn(C(C)(C)C)nn2)n(Cc2ccccc2)n1. The van der Waals surface area contributed by atoms with Gasteiger partial charge in [0.25, 0.3) is 5.91 Å². The molecule has 148 valence electrons. The van der Waals surface area contributed by atoms with E-state index in [0.717, 1.165) is 11.3 Å². The summed E-state index contributed by atoms with van der Waals surface area (Å²) in [7, 11) is 0. The number of hydrogen-bond acceptors (Lipinski definition) is 4. The Balaban J connectivity index is 1.88. The first-order valence-electron chi connectivity index (χ1n) is 9.40. The molecule has 1 amide bonds. The highest BCUT2D eigenvalue weighted by Crippen LogP contribution is 2.25. The third-order valence-electron chi connectivity index (χ3n) is 4.38. The van der Waals surface area contributed by atoms with Crippen molar-refractivity contribution in [1.29, 1.82) is 0 Å². The van der Waals surface area contributed by atoms with E-state index in [-0.39, 0.29) is 22.6 Å². The third-order valence-corrected chi connectivity index (χ3v) is 4.38. The molecule has 7 nitrogen and oxygen atoms in total. The molecule has 0 saturated heterocycles. The van der Waals surface area contributed by atoms with Crippen LogP contribution < -0.4 is 5.32 Å². The molecule has 0 fully saturated rings. The van der Waals surface area contributed by atoms with Crippen LogP contribution in [0.25, 0.3) is 0 Å². The second kappa shape index (κ2) is 7.22. The monoisotopic (exact) mass is 380 g/mol. The number of nitrogens with one attached hydrogen (secondary N) is 1. The maximum Gasteiger partial charge on any atom is 0.278 e. The molecule has 1 aromatic carbocycles. The highest BCUT2D eigenvalue weighted by atomic mass is 16.2. The average Bonchev–Trinajstić information content (AvgIpc) is 3.23. The Labute approximate surface area is 165 Å². The van der Waals surface area contributed by atoms with Crippen LogP contribution in [0, 0.1) is 0 Å². The molecule has 0 aliphatic rings. The molecule has 0 saturated carbocycles. The zero-order valence-corrected chi connectivity index (χ0v) is 17.4. The van der Waals surface area contributed by atoms with E-state index in [1.165, 1.54) is 0 Å². The van der Waals surface area contributed by atoms with Crippen molar-refractivity contribution in [2.24, 2.45) is 0 Å². The van der Waals surface area contributed by atoms with E-state index in [1.807, 2.05) is 61.9 Å². The van der Waals surface area contributed by atoms with E-state index < -0.39 is 0 Å². The summed E-state index contributed by atoms with van der Waals surface area (Å²) >= 11 is 0. The van der Waals surface area contributed by atoms with Crippen LogP contribution in [0.1, 0.15) is 63.3 Å². The van der Waals surface area contributed by atoms with Crippen molar-refractivity contribution >= 4 is 11.7 Å². The first kappa shape index (κ1) is 19.8. The Morgan fingerprint density at radius 3 is 2.32 bits per heavy atom. The maximum absolute atomic E-state index is 12.7. The predicted octanol–water partition coefficient (Wildman–Crippen LogP) is 3.83. The van der Waals surface area contributed by atoms with Crippen molar-refractivity contribution in [2.45, 2.75) is 59.0 Å². The topological polar surface area (TPSA) is 77.6 Å². The van der Waals surface area contributed by atoms with Gasteiger partial charge in [0.05, 0.1) is 24.0 Å². The summed E-state index contributed by atoms with van der Waals surface area (Å²) < 4.78 is 3.51. The van der Waals surface area contributed by atoms with Crippen molar-refractivity contribution in [3.8, 4) is 0 Å². The van der Waals surface area contributed by atoms with Gasteiger partial charge in [-0.25, -0.2) is 9.36 Å². The number of nitrogens with zero attached hydrogens (tertiary/aromatic N) is 5. The van der Waals surface area contributed by atoms with Crippen LogP contribution in [0.2, 0.25) is 0 Å². The van der Waals surface area contributed by atoms with Gasteiger partial charge in [-0.2, -0.15) is 5.10 Å². The van der Waals surface area contributed by atoms with E-state index in [9.17, 15) is 4.79 Å². The van der Waals surface area contributed by atoms with E-state index in [2.05, 4.69) is 36.4 Å². The Bertz CT molecular complexity index is 957. The molecular formula is C21H28N6O. The smallest absolute Gasteiger partial charge is 0.278 e. The van der Waals surface area contributed by atoms with Gasteiger partial charge in [-0.15, -0.1) is 5.10 Å². The summed E-state index contributed by atoms with van der Waals surface area (Å²) in [5.74, 6) is 0.342. The second-order valence-corrected chi connectivity index (χ2v) is 8.98. The molecule has 0 aliphatic carbocycles. The Morgan fingerprint density at radius 1 is 1.07 bits per heavy atom. The van der Waals surface area contributed by atoms with Gasteiger partial charge < -0.3 is 5.32 Å². The van der Waals surface area contributed by atoms with Gasteiger partial charge in [-0.05, 0) is 26.3 Å². The van der Waals surface area contributed by atoms with Crippen molar-refractivity contribution in [1.82, 2.24) is 24.8 Å². The number of rotatable bonds is 4. The number of amides is 1. The van der Waals surface area contributed by atoms with Crippen LogP contribution in [0.15, 0.2) is 42.6 Å². The largest absolute Gasteiger partial charge is 0.305 e. The minimum Gasteiger partial charge on any atom is -0.305 e. The lowest BCUT2D eigenvalue weighted by Gasteiger charge is -2.17. The van der Waals surface area contributed by atoms with Crippen LogP contribution in [0.5, 0.6) is 0 Å². The second-order valence-electron chi connectivity index (χ2n) is 8.98. The quantitative estimate of drug-likeness (QED) is 0.746. The molecule has 0 spiro atoms. The average molecular weight is 380 g/mol. The molecule has 1 N–H and O–H groups in total. The zero-order chi connectivity index (χ0) is 20.5. The molecule has 2 aromatic heterocycles. The molecule has 3 aromatic rings. The van der Waals surface area contributed by atoms with E-state index in [1.54, 1.807) is 10.9 Å². The lowest BCUT2D eigenvalue weighted by Crippen LogP contribution is -2.22. The predicted molar refractivity (Wildman–Crippen MR) is 109 cm³/mol. The molecule has 28 heavy (non-hydrogen) atoms. The third kappa shape index (κ3) is 4.47. The maximum atomic E-state index is 12.7. The number of anilines is 1. The lowest BCUT2D eigenvalue weighted by atomic mass is 9.92. The Hall–Kier alpha value is -2.96. The van der Waals surface area contributed by atoms with Gasteiger partial charge in [0.15, 0.2) is 5.69 Å². The first-order valence-corrected chi connectivity index (χ1v) is 9.40. The molecular weight excluding hydrogens is 352 g/mol. The van der Waals surface area contributed by atoms with Crippen LogP contribution in [0.3, 0.4) is 0 Å². The highest BCUT2D eigenvalue weighted by Gasteiger charge is 2.23. The summed E-state index contributed by atoms with van der Waals surface area (Å²) in [5, 5.41) is 15.8. The van der Waals surface area contributed by atoms with E-state index >= 15 is 0 Å². The van der Waals surface area contributed by atoms with Crippen LogP contribution in [-0.4, -0.2) is 30.7 Å². The summed E-state index contributed by atoms with van der Waals surface area (Å²) in [6, 6.07) is 12.0. The minimum atomic E-state index is -0.301. The summed E-state index contributed by atoms with van der Waals surface area (Å²) in [6.45, 7) is 12.9. The number of aromatic nitrogens is 5. The molecule has 0 atom stereocenters. The number of hydrogen-bond donors (Lipinski definition) is 1. The van der Waals surface area contributed by atoms with Gasteiger partial charge in [0.1, 0.15) is 5.82 Å². The Kier molecular flexibility index (Phi) is 5.10. The van der Waals surface area contributed by atoms with Crippen LogP contribution in [-0.2, 0) is 17.5 Å². The fourth-order valence-corrected chi connectivity index (χ4v) is 2.64. The van der Waals surface area contributed by atoms with Gasteiger partial charge in [0, 0.05) is 11.5 Å². The van der Waals surface area contributed by atoms with Crippen LogP contribution in [0.4, 0.5) is 5.82 Å². The summed E-state index contributed by atoms with van der Waals surface area (Å²) in [5.41, 5.74) is 1.94. The highest BCUT2D eigenvalue weighted by molar-refractivity contribution is 6.02. The van der Waals surface area contributed by atoms with Crippen LogP contribution >= 0.6 is 0 Å². The van der Waals surface area contributed by atoms with Gasteiger partial charge in [-0.3, -0.25) is 4.79 Å². The molecule has 3 rings (SSSR count). The number of carbonyl (C=O) groups excluding carboxylic acids is 1. The molecule has 7 heteroatoms. The van der Waals surface area contributed by atoms with Gasteiger partial charge in [-0.1, -0.05) is 56.3 Å². The molecule has 0 unspecified atom stereocenters. The molecule has 0 aliphatic heterocycles. The zero-order valence-electron chi connectivity index (χ0n) is 17.4. The fourth-order valence-electron chi connectivity index (χ4n) is 2.64. The van der Waals surface area contributed by atoms with Crippen molar-refractivity contribution in [2.75, 3.05) is 5.32 Å². The summed E-state index contributed by atoms with van der Waals surface area (Å²) in [6.07, 6.45) is 1.66. The molecule has 0 bridgehead atoms.